The fraction of sp³-hybridized carbons (Fsp3) is 0.462. The molecule has 0 amide bonds. The third kappa shape index (κ3) is 4.03. The number of rotatable bonds is 3. The Morgan fingerprint density at radius 1 is 0.943 bits per heavy atom. The lowest BCUT2D eigenvalue weighted by molar-refractivity contribution is 0.108. The van der Waals surface area contributed by atoms with Crippen molar-refractivity contribution >= 4 is 28.4 Å². The lowest BCUT2D eigenvalue weighted by atomic mass is 10.0. The molecule has 0 spiro atoms. The molecule has 0 saturated carbocycles. The molecule has 0 radical (unpaired) electrons. The summed E-state index contributed by atoms with van der Waals surface area (Å²) in [6, 6.07) is 13.3. The predicted octanol–water partition coefficient (Wildman–Crippen LogP) is 1.83. The Kier molecular flexibility index (Phi) is 5.63. The van der Waals surface area contributed by atoms with Gasteiger partial charge in [-0.25, -0.2) is 4.98 Å². The first-order chi connectivity index (χ1) is 17.1. The van der Waals surface area contributed by atoms with Gasteiger partial charge in [-0.15, -0.1) is 0 Å². The highest BCUT2D eigenvalue weighted by atomic mass is 15.4. The first kappa shape index (κ1) is 22.0. The molecule has 3 atom stereocenters. The third-order valence-electron chi connectivity index (χ3n) is 7.68. The molecule has 35 heavy (non-hydrogen) atoms. The normalized spacial score (nSPS) is 25.1. The van der Waals surface area contributed by atoms with E-state index in [0.717, 1.165) is 80.6 Å². The number of fused-ring (bicyclic) bond motifs is 2. The van der Waals surface area contributed by atoms with Gasteiger partial charge in [-0.2, -0.15) is 10.2 Å². The van der Waals surface area contributed by atoms with E-state index in [1.165, 1.54) is 0 Å². The highest BCUT2D eigenvalue weighted by molar-refractivity contribution is 5.95. The van der Waals surface area contributed by atoms with Crippen molar-refractivity contribution in [1.82, 2.24) is 19.9 Å². The quantitative estimate of drug-likeness (QED) is 0.615. The van der Waals surface area contributed by atoms with E-state index in [4.69, 9.17) is 10.7 Å². The highest BCUT2D eigenvalue weighted by Gasteiger charge is 2.37. The maximum absolute atomic E-state index is 9.54. The lowest BCUT2D eigenvalue weighted by Gasteiger charge is -2.51. The summed E-state index contributed by atoms with van der Waals surface area (Å²) in [4.78, 5) is 23.7. The van der Waals surface area contributed by atoms with Crippen molar-refractivity contribution in [1.29, 1.82) is 5.26 Å². The fourth-order valence-corrected chi connectivity index (χ4v) is 5.93. The van der Waals surface area contributed by atoms with Crippen molar-refractivity contribution in [3.8, 4) is 6.07 Å². The van der Waals surface area contributed by atoms with E-state index in [-0.39, 0.29) is 6.04 Å². The van der Waals surface area contributed by atoms with E-state index >= 15 is 0 Å². The molecule has 1 aromatic carbocycles. The maximum atomic E-state index is 9.54. The number of hydrogen-bond donors (Lipinski definition) is 1. The van der Waals surface area contributed by atoms with Crippen LogP contribution in [0.5, 0.6) is 0 Å². The van der Waals surface area contributed by atoms with Crippen molar-refractivity contribution < 1.29 is 0 Å². The van der Waals surface area contributed by atoms with Gasteiger partial charge < -0.3 is 20.4 Å². The van der Waals surface area contributed by atoms with Crippen LogP contribution in [-0.4, -0.2) is 83.8 Å². The van der Waals surface area contributed by atoms with Crippen LogP contribution in [0.15, 0.2) is 42.7 Å². The van der Waals surface area contributed by atoms with Crippen LogP contribution in [0.25, 0.3) is 10.9 Å². The van der Waals surface area contributed by atoms with Crippen LogP contribution < -0.4 is 20.4 Å². The molecule has 9 nitrogen and oxygen atoms in total. The summed E-state index contributed by atoms with van der Waals surface area (Å²) in [7, 11) is 0. The number of piperazine rings is 2. The first-order valence-electron chi connectivity index (χ1n) is 12.5. The smallest absolute Gasteiger partial charge is 0.227 e. The van der Waals surface area contributed by atoms with E-state index < -0.39 is 0 Å². The molecule has 5 heterocycles. The molecule has 3 fully saturated rings. The van der Waals surface area contributed by atoms with Crippen LogP contribution >= 0.6 is 0 Å². The molecule has 9 heteroatoms. The summed E-state index contributed by atoms with van der Waals surface area (Å²) in [6.07, 6.45) is 4.64. The van der Waals surface area contributed by atoms with Crippen molar-refractivity contribution in [2.45, 2.75) is 31.5 Å². The van der Waals surface area contributed by atoms with Gasteiger partial charge in [-0.3, -0.25) is 9.88 Å². The zero-order chi connectivity index (χ0) is 23.9. The molecule has 3 aromatic rings. The molecular weight excluding hydrogens is 438 g/mol. The summed E-state index contributed by atoms with van der Waals surface area (Å²) >= 11 is 0. The van der Waals surface area contributed by atoms with E-state index in [1.807, 2.05) is 24.4 Å². The molecule has 2 aromatic heterocycles. The molecule has 0 bridgehead atoms. The number of anilines is 3. The molecule has 3 saturated heterocycles. The Bertz CT molecular complexity index is 1270. The van der Waals surface area contributed by atoms with Gasteiger partial charge in [0.05, 0.1) is 11.1 Å². The number of hydrogen-bond acceptors (Lipinski definition) is 9. The lowest BCUT2D eigenvalue weighted by Crippen LogP contribution is -2.65. The average Bonchev–Trinajstić information content (AvgIpc) is 3.34. The van der Waals surface area contributed by atoms with Crippen molar-refractivity contribution in [3.63, 3.8) is 0 Å². The molecule has 0 aliphatic carbocycles. The molecule has 180 valence electrons. The minimum atomic E-state index is 0.222. The zero-order valence-electron chi connectivity index (χ0n) is 20.1. The van der Waals surface area contributed by atoms with E-state index in [2.05, 4.69) is 54.7 Å². The average molecular weight is 470 g/mol. The van der Waals surface area contributed by atoms with E-state index in [0.29, 0.717) is 17.6 Å². The second-order valence-corrected chi connectivity index (χ2v) is 9.94. The van der Waals surface area contributed by atoms with Crippen LogP contribution in [0.4, 0.5) is 17.5 Å². The summed E-state index contributed by atoms with van der Waals surface area (Å²) in [5.74, 6) is 1.78. The van der Waals surface area contributed by atoms with Gasteiger partial charge in [-0.05, 0) is 43.7 Å². The van der Waals surface area contributed by atoms with Gasteiger partial charge in [0.25, 0.3) is 0 Å². The Morgan fingerprint density at radius 2 is 1.83 bits per heavy atom. The number of nitriles is 1. The SMILES string of the molecule is CC1CN(c2ccc(C#N)c3ncccc23)CC2CN(c3nccc(N4CCC(N)C4)n3)CCN12. The highest BCUT2D eigenvalue weighted by Crippen LogP contribution is 2.32. The van der Waals surface area contributed by atoms with Gasteiger partial charge in [0.1, 0.15) is 11.9 Å². The summed E-state index contributed by atoms with van der Waals surface area (Å²) in [6.45, 7) is 8.79. The standard InChI is InChI=1S/C26H31N9/c1-18-14-34(23-5-4-19(13-27)25-22(23)3-2-8-29-25)17-21-16-33(11-12-35(18)21)26-30-9-6-24(31-26)32-10-7-20(28)15-32/h2-6,8-9,18,20-21H,7,10-12,14-17,28H2,1H3. The molecule has 6 rings (SSSR count). The van der Waals surface area contributed by atoms with Gasteiger partial charge >= 0.3 is 0 Å². The van der Waals surface area contributed by atoms with E-state index in [1.54, 1.807) is 6.20 Å². The van der Waals surface area contributed by atoms with Crippen LogP contribution in [0.1, 0.15) is 18.9 Å². The molecule has 2 N–H and O–H groups in total. The van der Waals surface area contributed by atoms with Crippen LogP contribution in [0, 0.1) is 11.3 Å². The summed E-state index contributed by atoms with van der Waals surface area (Å²) in [5.41, 5.74) is 8.67. The monoisotopic (exact) mass is 469 g/mol. The third-order valence-corrected chi connectivity index (χ3v) is 7.68. The number of pyridine rings is 1. The second kappa shape index (κ2) is 8.95. The Morgan fingerprint density at radius 3 is 2.66 bits per heavy atom. The van der Waals surface area contributed by atoms with Gasteiger partial charge in [-0.1, -0.05) is 0 Å². The number of nitrogens with two attached hydrogens (primary N) is 1. The number of aromatic nitrogens is 3. The van der Waals surface area contributed by atoms with Crippen molar-refractivity contribution in [2.24, 2.45) is 5.73 Å². The van der Waals surface area contributed by atoms with Gasteiger partial charge in [0.15, 0.2) is 0 Å². The molecule has 3 unspecified atom stereocenters. The molecular formula is C26H31N9. The molecule has 3 aliphatic heterocycles. The van der Waals surface area contributed by atoms with Crippen LogP contribution in [0.2, 0.25) is 0 Å². The fourth-order valence-electron chi connectivity index (χ4n) is 5.93. The van der Waals surface area contributed by atoms with Crippen molar-refractivity contribution in [3.05, 3.63) is 48.3 Å². The van der Waals surface area contributed by atoms with E-state index in [9.17, 15) is 5.26 Å². The predicted molar refractivity (Wildman–Crippen MR) is 138 cm³/mol. The number of benzene rings is 1. The van der Waals surface area contributed by atoms with Crippen molar-refractivity contribution in [2.75, 3.05) is 60.5 Å². The summed E-state index contributed by atoms with van der Waals surface area (Å²) in [5, 5.41) is 10.6. The second-order valence-electron chi connectivity index (χ2n) is 9.94. The maximum Gasteiger partial charge on any atom is 0.227 e. The Hall–Kier alpha value is -3.48. The Balaban J connectivity index is 1.24. The van der Waals surface area contributed by atoms with Crippen LogP contribution in [-0.2, 0) is 0 Å². The van der Waals surface area contributed by atoms with Gasteiger partial charge in [0.2, 0.25) is 5.95 Å². The Labute approximate surface area is 205 Å². The zero-order valence-corrected chi connectivity index (χ0v) is 20.1. The largest absolute Gasteiger partial charge is 0.368 e. The minimum Gasteiger partial charge on any atom is -0.368 e. The van der Waals surface area contributed by atoms with Crippen LogP contribution in [0.3, 0.4) is 0 Å². The minimum absolute atomic E-state index is 0.222. The number of nitrogens with zero attached hydrogens (tertiary/aromatic N) is 8. The topological polar surface area (TPSA) is 101 Å². The first-order valence-corrected chi connectivity index (χ1v) is 12.5. The van der Waals surface area contributed by atoms with Gasteiger partial charge in [0, 0.05) is 87.4 Å². The molecule has 3 aliphatic rings. The summed E-state index contributed by atoms with van der Waals surface area (Å²) < 4.78 is 0.